The van der Waals surface area contributed by atoms with Gasteiger partial charge in [0.15, 0.2) is 0 Å². The average Bonchev–Trinajstić information content (AvgIpc) is 2.86. The molecular formula is C26H27ClF3N3O4S. The van der Waals surface area contributed by atoms with Crippen molar-refractivity contribution in [2.45, 2.75) is 24.1 Å². The van der Waals surface area contributed by atoms with Gasteiger partial charge in [0.2, 0.25) is 5.91 Å². The summed E-state index contributed by atoms with van der Waals surface area (Å²) in [6.45, 7) is 4.22. The lowest BCUT2D eigenvalue weighted by molar-refractivity contribution is -0.137. The second kappa shape index (κ2) is 11.6. The number of halogens is 4. The van der Waals surface area contributed by atoms with Crippen molar-refractivity contribution in [2.75, 3.05) is 45.6 Å². The number of carbonyl (C=O) groups excluding carboxylic acids is 1. The number of aliphatic hydroxyl groups is 1. The number of pyridine rings is 1. The topological polar surface area (TPSA) is 85.9 Å². The molecule has 1 saturated heterocycles. The van der Waals surface area contributed by atoms with Crippen molar-refractivity contribution >= 4 is 40.2 Å². The van der Waals surface area contributed by atoms with Crippen LogP contribution in [-0.4, -0.2) is 77.5 Å². The number of alkyl halides is 3. The van der Waals surface area contributed by atoms with Gasteiger partial charge in [0.25, 0.3) is 5.56 Å². The summed E-state index contributed by atoms with van der Waals surface area (Å²) < 4.78 is 46.3. The van der Waals surface area contributed by atoms with E-state index in [0.29, 0.717) is 49.1 Å². The first-order chi connectivity index (χ1) is 18.0. The number of piperazine rings is 1. The van der Waals surface area contributed by atoms with E-state index in [4.69, 9.17) is 16.3 Å². The molecule has 1 aliphatic heterocycles. The van der Waals surface area contributed by atoms with Gasteiger partial charge in [-0.1, -0.05) is 11.6 Å². The van der Waals surface area contributed by atoms with Gasteiger partial charge < -0.3 is 19.7 Å². The highest BCUT2D eigenvalue weighted by Gasteiger charge is 2.31. The summed E-state index contributed by atoms with van der Waals surface area (Å²) >= 11 is 7.30. The Balaban J connectivity index is 1.70. The van der Waals surface area contributed by atoms with E-state index in [2.05, 4.69) is 4.98 Å². The van der Waals surface area contributed by atoms with Crippen molar-refractivity contribution in [1.29, 1.82) is 0 Å². The molecule has 0 radical (unpaired) electrons. The number of hydrogen-bond donors (Lipinski definition) is 2. The number of methoxy groups -OCH3 is 1. The van der Waals surface area contributed by atoms with Crippen LogP contribution in [0, 0.1) is 0 Å². The van der Waals surface area contributed by atoms with Crippen molar-refractivity contribution in [3.63, 3.8) is 0 Å². The highest BCUT2D eigenvalue weighted by molar-refractivity contribution is 7.99. The van der Waals surface area contributed by atoms with E-state index in [1.165, 1.54) is 20.1 Å². The number of rotatable bonds is 7. The van der Waals surface area contributed by atoms with Gasteiger partial charge >= 0.3 is 6.18 Å². The van der Waals surface area contributed by atoms with E-state index in [9.17, 15) is 27.9 Å². The average molecular weight is 570 g/mol. The Labute approximate surface area is 226 Å². The Kier molecular flexibility index (Phi) is 8.61. The van der Waals surface area contributed by atoms with Gasteiger partial charge in [-0.3, -0.25) is 14.5 Å². The Hall–Kier alpha value is -2.73. The summed E-state index contributed by atoms with van der Waals surface area (Å²) in [5.41, 5.74) is -0.510. The molecule has 1 fully saturated rings. The largest absolute Gasteiger partial charge is 0.496 e. The fourth-order valence-electron chi connectivity index (χ4n) is 4.51. The maximum atomic E-state index is 13.6. The lowest BCUT2D eigenvalue weighted by atomic mass is 9.98. The van der Waals surface area contributed by atoms with Crippen molar-refractivity contribution < 1.29 is 27.8 Å². The molecule has 2 heterocycles. The summed E-state index contributed by atoms with van der Waals surface area (Å²) in [6.07, 6.45) is -5.41. The van der Waals surface area contributed by atoms with Crippen LogP contribution in [0.3, 0.4) is 0 Å². The van der Waals surface area contributed by atoms with Crippen LogP contribution in [0.1, 0.15) is 12.5 Å². The number of carbonyl (C=O) groups is 1. The first-order valence-corrected chi connectivity index (χ1v) is 13.2. The molecule has 0 bridgehead atoms. The van der Waals surface area contributed by atoms with Crippen molar-refractivity contribution in [2.24, 2.45) is 0 Å². The molecule has 1 aromatic heterocycles. The number of nitrogens with one attached hydrogen (secondary N) is 1. The number of amides is 1. The number of aromatic amines is 1. The monoisotopic (exact) mass is 569 g/mol. The summed E-state index contributed by atoms with van der Waals surface area (Å²) in [4.78, 5) is 31.3. The molecule has 0 aliphatic carbocycles. The van der Waals surface area contributed by atoms with Crippen LogP contribution in [0.4, 0.5) is 13.2 Å². The number of thioether (sulfide) groups is 1. The zero-order valence-electron chi connectivity index (χ0n) is 20.8. The number of fused-ring (bicyclic) bond motifs is 1. The highest BCUT2D eigenvalue weighted by Crippen LogP contribution is 2.42. The maximum Gasteiger partial charge on any atom is 0.416 e. The number of H-pyrrole nitrogens is 1. The van der Waals surface area contributed by atoms with Crippen molar-refractivity contribution in [3.8, 4) is 16.9 Å². The number of β-amino-alcohol motifs (C(OH)–C–C–N with tert-alkyl or cyclic N) is 1. The summed E-state index contributed by atoms with van der Waals surface area (Å²) in [7, 11) is 1.42. The van der Waals surface area contributed by atoms with E-state index in [1.54, 1.807) is 23.1 Å². The zero-order chi connectivity index (χ0) is 27.6. The Morgan fingerprint density at radius 3 is 2.53 bits per heavy atom. The SMILES string of the molecule is COc1ccc(Cl)cc1-c1c(SCC(O)CN2CCN(C(C)=O)CC2)c(=O)[nH]c2ccc(C(F)(F)F)cc12. The molecule has 3 aromatic rings. The molecule has 1 aliphatic rings. The zero-order valence-corrected chi connectivity index (χ0v) is 22.3. The van der Waals surface area contributed by atoms with Crippen LogP contribution in [0.15, 0.2) is 46.1 Å². The normalized spacial score (nSPS) is 15.6. The third-order valence-corrected chi connectivity index (χ3v) is 7.90. The highest BCUT2D eigenvalue weighted by atomic mass is 35.5. The number of ether oxygens (including phenoxy) is 1. The van der Waals surface area contributed by atoms with Gasteiger partial charge in [-0.2, -0.15) is 13.2 Å². The fraction of sp³-hybridized carbons (Fsp3) is 0.385. The molecule has 1 unspecified atom stereocenters. The minimum atomic E-state index is -4.59. The minimum absolute atomic E-state index is 0.00827. The predicted molar refractivity (Wildman–Crippen MR) is 142 cm³/mol. The number of aliphatic hydroxyl groups excluding tert-OH is 1. The Bertz CT molecular complexity index is 1390. The van der Waals surface area contributed by atoms with Gasteiger partial charge in [-0.25, -0.2) is 0 Å². The van der Waals surface area contributed by atoms with Crippen LogP contribution in [-0.2, 0) is 11.0 Å². The summed E-state index contributed by atoms with van der Waals surface area (Å²) in [5.74, 6) is 0.467. The molecule has 0 saturated carbocycles. The summed E-state index contributed by atoms with van der Waals surface area (Å²) in [6, 6.07) is 7.86. The van der Waals surface area contributed by atoms with Crippen molar-refractivity contribution in [1.82, 2.24) is 14.8 Å². The number of hydrogen-bond acceptors (Lipinski definition) is 6. The molecule has 204 valence electrons. The number of aromatic nitrogens is 1. The van der Waals surface area contributed by atoms with Gasteiger partial charge in [0, 0.05) is 72.5 Å². The van der Waals surface area contributed by atoms with E-state index in [0.717, 1.165) is 23.9 Å². The van der Waals surface area contributed by atoms with Crippen molar-refractivity contribution in [3.05, 3.63) is 57.3 Å². The molecule has 2 aromatic carbocycles. The van der Waals surface area contributed by atoms with E-state index >= 15 is 0 Å². The van der Waals surface area contributed by atoms with Crippen LogP contribution in [0.5, 0.6) is 5.75 Å². The quantitative estimate of drug-likeness (QED) is 0.408. The van der Waals surface area contributed by atoms with Crippen LogP contribution < -0.4 is 10.3 Å². The number of benzene rings is 2. The smallest absolute Gasteiger partial charge is 0.416 e. The Morgan fingerprint density at radius 2 is 1.89 bits per heavy atom. The van der Waals surface area contributed by atoms with E-state index < -0.39 is 23.4 Å². The Morgan fingerprint density at radius 1 is 1.18 bits per heavy atom. The second-order valence-corrected chi connectivity index (χ2v) is 10.5. The van der Waals surface area contributed by atoms with Crippen LogP contribution in [0.25, 0.3) is 22.0 Å². The lowest BCUT2D eigenvalue weighted by Crippen LogP contribution is -2.50. The first-order valence-electron chi connectivity index (χ1n) is 11.9. The standard InChI is InChI=1S/C26H27ClF3N3O4S/c1-15(34)33-9-7-32(8-10-33)13-18(35)14-38-24-23(20-12-17(27)4-6-22(20)37-2)19-11-16(26(28,29)30)3-5-21(19)31-25(24)36/h3-6,11-12,18,35H,7-10,13-14H2,1-2H3,(H,31,36). The lowest BCUT2D eigenvalue weighted by Gasteiger charge is -2.35. The van der Waals surface area contributed by atoms with E-state index in [1.807, 2.05) is 4.90 Å². The summed E-state index contributed by atoms with van der Waals surface area (Å²) in [5, 5.41) is 11.2. The molecule has 1 atom stereocenters. The third-order valence-electron chi connectivity index (χ3n) is 6.44. The van der Waals surface area contributed by atoms with Gasteiger partial charge in [-0.05, 0) is 36.4 Å². The molecule has 1 amide bonds. The second-order valence-electron chi connectivity index (χ2n) is 9.03. The van der Waals surface area contributed by atoms with Gasteiger partial charge in [0.1, 0.15) is 5.75 Å². The molecule has 2 N–H and O–H groups in total. The molecular weight excluding hydrogens is 543 g/mol. The first kappa shape index (κ1) is 28.3. The molecule has 7 nitrogen and oxygen atoms in total. The third kappa shape index (κ3) is 6.28. The van der Waals surface area contributed by atoms with Gasteiger partial charge in [0.05, 0.1) is 23.7 Å². The maximum absolute atomic E-state index is 13.6. The fourth-order valence-corrected chi connectivity index (χ4v) is 5.69. The van der Waals surface area contributed by atoms with Crippen LogP contribution in [0.2, 0.25) is 5.02 Å². The predicted octanol–water partition coefficient (Wildman–Crippen LogP) is 4.49. The van der Waals surface area contributed by atoms with E-state index in [-0.39, 0.29) is 33.0 Å². The molecule has 38 heavy (non-hydrogen) atoms. The molecule has 4 rings (SSSR count). The molecule has 0 spiro atoms. The minimum Gasteiger partial charge on any atom is -0.496 e. The van der Waals surface area contributed by atoms with Crippen LogP contribution >= 0.6 is 23.4 Å². The number of nitrogens with zero attached hydrogens (tertiary/aromatic N) is 2. The molecule has 12 heteroatoms. The van der Waals surface area contributed by atoms with Gasteiger partial charge in [-0.15, -0.1) is 11.8 Å².